The van der Waals surface area contributed by atoms with E-state index in [1.54, 1.807) is 6.07 Å². The van der Waals surface area contributed by atoms with Crippen LogP contribution in [-0.2, 0) is 6.54 Å². The van der Waals surface area contributed by atoms with Crippen LogP contribution in [-0.4, -0.2) is 45.6 Å². The van der Waals surface area contributed by atoms with E-state index in [-0.39, 0.29) is 5.82 Å². The largest absolute Gasteiger partial charge is 0.361 e. The molecule has 5 nitrogen and oxygen atoms in total. The number of nitrogens with zero attached hydrogens (tertiary/aromatic N) is 3. The van der Waals surface area contributed by atoms with Gasteiger partial charge in [0.15, 0.2) is 0 Å². The second kappa shape index (κ2) is 7.77. The number of aromatic amines is 1. The van der Waals surface area contributed by atoms with Gasteiger partial charge < -0.3 is 14.9 Å². The molecule has 2 aromatic carbocycles. The molecule has 0 amide bonds. The van der Waals surface area contributed by atoms with E-state index in [2.05, 4.69) is 44.0 Å². The van der Waals surface area contributed by atoms with Crippen molar-refractivity contribution in [3.63, 3.8) is 0 Å². The number of benzene rings is 2. The molecular formula is C25H28FN5. The van der Waals surface area contributed by atoms with Gasteiger partial charge in [-0.15, -0.1) is 0 Å². The third-order valence-electron chi connectivity index (χ3n) is 7.09. The van der Waals surface area contributed by atoms with Crippen molar-refractivity contribution < 1.29 is 4.39 Å². The first kappa shape index (κ1) is 19.0. The van der Waals surface area contributed by atoms with E-state index in [4.69, 9.17) is 4.98 Å². The minimum atomic E-state index is -0.173. The van der Waals surface area contributed by atoms with Gasteiger partial charge in [0, 0.05) is 55.2 Å². The molecule has 1 atom stereocenters. The molecule has 0 spiro atoms. The first-order chi connectivity index (χ1) is 15.3. The fourth-order valence-electron chi connectivity index (χ4n) is 5.47. The maximum absolute atomic E-state index is 13.7. The summed E-state index contributed by atoms with van der Waals surface area (Å²) < 4.78 is 16.3. The van der Waals surface area contributed by atoms with E-state index in [9.17, 15) is 4.39 Å². The summed E-state index contributed by atoms with van der Waals surface area (Å²) in [5.74, 6) is 1.59. The molecule has 6 rings (SSSR count). The van der Waals surface area contributed by atoms with E-state index in [0.29, 0.717) is 12.0 Å². The Morgan fingerprint density at radius 1 is 1.06 bits per heavy atom. The van der Waals surface area contributed by atoms with Gasteiger partial charge in [-0.2, -0.15) is 0 Å². The number of likely N-dealkylation sites (tertiary alicyclic amines) is 1. The van der Waals surface area contributed by atoms with Gasteiger partial charge in [0.1, 0.15) is 11.6 Å². The number of halogens is 1. The Balaban J connectivity index is 1.23. The summed E-state index contributed by atoms with van der Waals surface area (Å²) in [5, 5.41) is 4.50. The third kappa shape index (κ3) is 3.44. The average Bonchev–Trinajstić information content (AvgIpc) is 3.53. The van der Waals surface area contributed by atoms with E-state index in [1.807, 2.05) is 12.3 Å². The maximum atomic E-state index is 13.7. The van der Waals surface area contributed by atoms with Crippen LogP contribution in [0.4, 0.5) is 4.39 Å². The lowest BCUT2D eigenvalue weighted by atomic mass is 10.0. The van der Waals surface area contributed by atoms with Crippen LogP contribution in [0.15, 0.2) is 48.7 Å². The Hall–Kier alpha value is -2.70. The van der Waals surface area contributed by atoms with Crippen molar-refractivity contribution >= 4 is 21.9 Å². The molecule has 0 saturated carbocycles. The van der Waals surface area contributed by atoms with Gasteiger partial charge in [-0.05, 0) is 61.7 Å². The zero-order valence-electron chi connectivity index (χ0n) is 17.6. The predicted molar refractivity (Wildman–Crippen MR) is 122 cm³/mol. The molecular weight excluding hydrogens is 389 g/mol. The molecule has 0 aliphatic carbocycles. The molecule has 2 aliphatic rings. The zero-order chi connectivity index (χ0) is 20.8. The highest BCUT2D eigenvalue weighted by Gasteiger charge is 2.29. The summed E-state index contributed by atoms with van der Waals surface area (Å²) in [6.45, 7) is 5.06. The summed E-state index contributed by atoms with van der Waals surface area (Å²) in [6, 6.07) is 14.0. The van der Waals surface area contributed by atoms with Gasteiger partial charge in [0.25, 0.3) is 0 Å². The Morgan fingerprint density at radius 3 is 2.77 bits per heavy atom. The van der Waals surface area contributed by atoms with Gasteiger partial charge in [0.2, 0.25) is 0 Å². The molecule has 0 radical (unpaired) electrons. The van der Waals surface area contributed by atoms with Crippen molar-refractivity contribution in [2.75, 3.05) is 26.2 Å². The predicted octanol–water partition coefficient (Wildman–Crippen LogP) is 4.57. The lowest BCUT2D eigenvalue weighted by Crippen LogP contribution is -2.34. The van der Waals surface area contributed by atoms with Crippen molar-refractivity contribution in [2.24, 2.45) is 0 Å². The first-order valence-corrected chi connectivity index (χ1v) is 11.4. The summed E-state index contributed by atoms with van der Waals surface area (Å²) in [6.07, 6.45) is 5.43. The van der Waals surface area contributed by atoms with Crippen LogP contribution in [0.3, 0.4) is 0 Å². The number of imidazole rings is 1. The highest BCUT2D eigenvalue weighted by molar-refractivity contribution is 5.83. The monoisotopic (exact) mass is 417 g/mol. The molecule has 160 valence electrons. The van der Waals surface area contributed by atoms with Gasteiger partial charge in [-0.25, -0.2) is 9.37 Å². The maximum Gasteiger partial charge on any atom is 0.123 e. The fraction of sp³-hybridized carbons (Fsp3) is 0.400. The highest BCUT2D eigenvalue weighted by atomic mass is 19.1. The minimum Gasteiger partial charge on any atom is -0.361 e. The summed E-state index contributed by atoms with van der Waals surface area (Å²) in [7, 11) is 0. The number of para-hydroxylation sites is 2. The number of H-pyrrole nitrogens is 1. The van der Waals surface area contributed by atoms with Crippen LogP contribution < -0.4 is 5.32 Å². The van der Waals surface area contributed by atoms with Gasteiger partial charge in [-0.3, -0.25) is 4.90 Å². The highest BCUT2D eigenvalue weighted by Crippen LogP contribution is 2.34. The molecule has 2 saturated heterocycles. The summed E-state index contributed by atoms with van der Waals surface area (Å²) >= 11 is 0. The molecule has 0 unspecified atom stereocenters. The number of fused-ring (bicyclic) bond motifs is 2. The molecule has 2 fully saturated rings. The molecule has 2 aromatic heterocycles. The van der Waals surface area contributed by atoms with E-state index in [0.717, 1.165) is 62.0 Å². The second-order valence-corrected chi connectivity index (χ2v) is 9.03. The van der Waals surface area contributed by atoms with Crippen LogP contribution in [0.2, 0.25) is 0 Å². The normalized spacial score (nSPS) is 20.9. The van der Waals surface area contributed by atoms with Crippen LogP contribution in [0.5, 0.6) is 0 Å². The van der Waals surface area contributed by atoms with E-state index < -0.39 is 0 Å². The summed E-state index contributed by atoms with van der Waals surface area (Å²) in [5.41, 5.74) is 4.58. The van der Waals surface area contributed by atoms with Crippen molar-refractivity contribution in [1.29, 1.82) is 0 Å². The zero-order valence-corrected chi connectivity index (χ0v) is 17.6. The minimum absolute atomic E-state index is 0.173. The number of rotatable bonds is 4. The summed E-state index contributed by atoms with van der Waals surface area (Å²) in [4.78, 5) is 10.8. The number of nitrogens with one attached hydrogen (secondary N) is 2. The van der Waals surface area contributed by atoms with Gasteiger partial charge in [0.05, 0.1) is 11.0 Å². The average molecular weight is 418 g/mol. The van der Waals surface area contributed by atoms with E-state index >= 15 is 0 Å². The number of piperidine rings is 1. The van der Waals surface area contributed by atoms with Crippen LogP contribution in [0.1, 0.15) is 42.6 Å². The smallest absolute Gasteiger partial charge is 0.123 e. The Kier molecular flexibility index (Phi) is 4.77. The molecule has 4 heterocycles. The van der Waals surface area contributed by atoms with Gasteiger partial charge >= 0.3 is 0 Å². The standard InChI is InChI=1S/C25H28FN5/c26-19-5-6-22-21(13-19)18(15-28-22)16-30-11-8-20(9-12-30)31-24-4-2-1-3-23(24)29-25(31)17-7-10-27-14-17/h1-6,13,15,17,20,27-28H,7-12,14,16H2/t17-/m1/s1. The fourth-order valence-corrected chi connectivity index (χ4v) is 5.47. The first-order valence-electron chi connectivity index (χ1n) is 11.4. The number of aromatic nitrogens is 3. The Bertz CT molecular complexity index is 1210. The van der Waals surface area contributed by atoms with Crippen molar-refractivity contribution in [1.82, 2.24) is 24.8 Å². The van der Waals surface area contributed by atoms with Crippen LogP contribution in [0, 0.1) is 5.82 Å². The van der Waals surface area contributed by atoms with Gasteiger partial charge in [-0.1, -0.05) is 12.1 Å². The Labute approximate surface area is 181 Å². The van der Waals surface area contributed by atoms with Crippen LogP contribution >= 0.6 is 0 Å². The quantitative estimate of drug-likeness (QED) is 0.511. The lowest BCUT2D eigenvalue weighted by Gasteiger charge is -2.34. The SMILES string of the molecule is Fc1ccc2[nH]cc(CN3CCC(n4c([C@@H]5CCNC5)nc5ccccc54)CC3)c2c1. The molecule has 2 aliphatic heterocycles. The molecule has 31 heavy (non-hydrogen) atoms. The van der Waals surface area contributed by atoms with Crippen molar-refractivity contribution in [3.05, 3.63) is 65.9 Å². The van der Waals surface area contributed by atoms with Crippen molar-refractivity contribution in [3.8, 4) is 0 Å². The third-order valence-corrected chi connectivity index (χ3v) is 7.09. The lowest BCUT2D eigenvalue weighted by molar-refractivity contribution is 0.180. The number of hydrogen-bond donors (Lipinski definition) is 2. The topological polar surface area (TPSA) is 48.9 Å². The second-order valence-electron chi connectivity index (χ2n) is 9.03. The molecule has 6 heteroatoms. The molecule has 2 N–H and O–H groups in total. The Morgan fingerprint density at radius 2 is 1.94 bits per heavy atom. The van der Waals surface area contributed by atoms with Crippen molar-refractivity contribution in [2.45, 2.75) is 37.8 Å². The number of hydrogen-bond acceptors (Lipinski definition) is 3. The van der Waals surface area contributed by atoms with Crippen LogP contribution in [0.25, 0.3) is 21.9 Å². The molecule has 0 bridgehead atoms. The molecule has 4 aromatic rings. The van der Waals surface area contributed by atoms with E-state index in [1.165, 1.54) is 29.4 Å².